The van der Waals surface area contributed by atoms with Gasteiger partial charge in [0, 0.05) is 35.6 Å². The molecule has 4 nitrogen and oxygen atoms in total. The zero-order chi connectivity index (χ0) is 15.8. The minimum absolute atomic E-state index is 0.544. The maximum Gasteiger partial charge on any atom is 0.190 e. The molecule has 0 radical (unpaired) electrons. The van der Waals surface area contributed by atoms with Gasteiger partial charge in [0.25, 0.3) is 0 Å². The smallest absolute Gasteiger partial charge is 0.190 e. The standard InChI is InChI=1S/C16H23ClN4S2/c1-20-7-4-11-12(10-20)23-15-13(11)14(17)18-16(19-15)22-9-8-21-5-2-3-6-21/h11-12H,2-10H2,1H3. The summed E-state index contributed by atoms with van der Waals surface area (Å²) in [5, 5.41) is 3.29. The lowest BCUT2D eigenvalue weighted by Crippen LogP contribution is -2.36. The van der Waals surface area contributed by atoms with Gasteiger partial charge in [-0.2, -0.15) is 0 Å². The Morgan fingerprint density at radius 2 is 2.09 bits per heavy atom. The van der Waals surface area contributed by atoms with Crippen LogP contribution in [0.4, 0.5) is 0 Å². The number of halogens is 1. The quantitative estimate of drug-likeness (QED) is 0.459. The van der Waals surface area contributed by atoms with Crippen LogP contribution in [0.5, 0.6) is 0 Å². The van der Waals surface area contributed by atoms with E-state index in [9.17, 15) is 0 Å². The molecule has 2 unspecified atom stereocenters. The zero-order valence-electron chi connectivity index (χ0n) is 13.5. The van der Waals surface area contributed by atoms with Crippen molar-refractivity contribution in [3.8, 4) is 0 Å². The van der Waals surface area contributed by atoms with E-state index in [1.54, 1.807) is 11.8 Å². The monoisotopic (exact) mass is 370 g/mol. The van der Waals surface area contributed by atoms with Crippen LogP contribution >= 0.6 is 35.1 Å². The second-order valence-electron chi connectivity index (χ2n) is 6.73. The number of rotatable bonds is 4. The average Bonchev–Trinajstić information content (AvgIpc) is 3.13. The van der Waals surface area contributed by atoms with Crippen LogP contribution in [0, 0.1) is 0 Å². The second-order valence-corrected chi connectivity index (χ2v) is 9.37. The average molecular weight is 371 g/mol. The van der Waals surface area contributed by atoms with Crippen molar-refractivity contribution in [1.29, 1.82) is 0 Å². The van der Waals surface area contributed by atoms with Gasteiger partial charge in [0.15, 0.2) is 5.16 Å². The Kier molecular flexibility index (Phi) is 5.07. The van der Waals surface area contributed by atoms with Crippen LogP contribution in [0.1, 0.15) is 30.7 Å². The van der Waals surface area contributed by atoms with Gasteiger partial charge < -0.3 is 9.80 Å². The maximum absolute atomic E-state index is 6.54. The summed E-state index contributed by atoms with van der Waals surface area (Å²) in [5.74, 6) is 1.59. The lowest BCUT2D eigenvalue weighted by atomic mass is 9.91. The molecule has 4 rings (SSSR count). The van der Waals surface area contributed by atoms with Crippen LogP contribution in [0.15, 0.2) is 10.2 Å². The molecular weight excluding hydrogens is 348 g/mol. The SMILES string of the molecule is CN1CCC2c3c(Cl)nc(SCCN4CCCC4)nc3SC2C1. The molecule has 1 aromatic rings. The van der Waals surface area contributed by atoms with E-state index in [4.69, 9.17) is 16.6 Å². The first-order valence-electron chi connectivity index (χ1n) is 8.48. The molecule has 2 saturated heterocycles. The lowest BCUT2D eigenvalue weighted by Gasteiger charge is -2.31. The highest BCUT2D eigenvalue weighted by molar-refractivity contribution is 8.00. The van der Waals surface area contributed by atoms with E-state index in [2.05, 4.69) is 21.8 Å². The first kappa shape index (κ1) is 16.5. The molecule has 3 aliphatic heterocycles. The van der Waals surface area contributed by atoms with Crippen molar-refractivity contribution in [2.24, 2.45) is 0 Å². The van der Waals surface area contributed by atoms with Crippen molar-refractivity contribution < 1.29 is 0 Å². The Morgan fingerprint density at radius 1 is 1.26 bits per heavy atom. The number of hydrogen-bond acceptors (Lipinski definition) is 6. The number of piperidine rings is 1. The van der Waals surface area contributed by atoms with Crippen LogP contribution < -0.4 is 0 Å². The molecule has 0 N–H and O–H groups in total. The molecule has 0 amide bonds. The van der Waals surface area contributed by atoms with Gasteiger partial charge in [0.1, 0.15) is 10.2 Å². The Labute approximate surface area is 151 Å². The first-order chi connectivity index (χ1) is 11.2. The Bertz CT molecular complexity index is 579. The molecule has 2 fully saturated rings. The molecule has 0 aromatic carbocycles. The van der Waals surface area contributed by atoms with E-state index in [-0.39, 0.29) is 0 Å². The third kappa shape index (κ3) is 3.52. The predicted molar refractivity (Wildman–Crippen MR) is 97.9 cm³/mol. The summed E-state index contributed by atoms with van der Waals surface area (Å²) in [5.41, 5.74) is 1.22. The number of aromatic nitrogens is 2. The third-order valence-corrected chi connectivity index (χ3v) is 7.51. The van der Waals surface area contributed by atoms with Gasteiger partial charge in [-0.15, -0.1) is 11.8 Å². The summed E-state index contributed by atoms with van der Waals surface area (Å²) in [6.45, 7) is 5.90. The van der Waals surface area contributed by atoms with E-state index < -0.39 is 0 Å². The van der Waals surface area contributed by atoms with Crippen LogP contribution in [-0.2, 0) is 0 Å². The fraction of sp³-hybridized carbons (Fsp3) is 0.750. The van der Waals surface area contributed by atoms with Crippen molar-refractivity contribution in [2.75, 3.05) is 45.5 Å². The van der Waals surface area contributed by atoms with Crippen molar-refractivity contribution >= 4 is 35.1 Å². The largest absolute Gasteiger partial charge is 0.305 e. The number of fused-ring (bicyclic) bond motifs is 3. The molecule has 7 heteroatoms. The fourth-order valence-corrected chi connectivity index (χ4v) is 6.69. The van der Waals surface area contributed by atoms with Crippen LogP contribution in [0.2, 0.25) is 5.15 Å². The van der Waals surface area contributed by atoms with E-state index in [1.807, 2.05) is 11.8 Å². The van der Waals surface area contributed by atoms with Gasteiger partial charge in [-0.3, -0.25) is 0 Å². The summed E-state index contributed by atoms with van der Waals surface area (Å²) in [4.78, 5) is 14.4. The van der Waals surface area contributed by atoms with Crippen LogP contribution in [-0.4, -0.2) is 70.5 Å². The molecule has 0 bridgehead atoms. The summed E-state index contributed by atoms with van der Waals surface area (Å²) in [6.07, 6.45) is 3.87. The van der Waals surface area contributed by atoms with E-state index in [1.165, 1.54) is 37.9 Å². The summed E-state index contributed by atoms with van der Waals surface area (Å²) < 4.78 is 0. The summed E-state index contributed by atoms with van der Waals surface area (Å²) in [6, 6.07) is 0. The normalized spacial score (nSPS) is 28.1. The van der Waals surface area contributed by atoms with Crippen molar-refractivity contribution in [3.05, 3.63) is 10.7 Å². The minimum Gasteiger partial charge on any atom is -0.305 e. The molecule has 1 aromatic heterocycles. The topological polar surface area (TPSA) is 32.3 Å². The molecule has 4 heterocycles. The number of hydrogen-bond donors (Lipinski definition) is 0. The van der Waals surface area contributed by atoms with Crippen LogP contribution in [0.25, 0.3) is 0 Å². The van der Waals surface area contributed by atoms with Crippen molar-refractivity contribution in [2.45, 2.75) is 40.6 Å². The molecule has 23 heavy (non-hydrogen) atoms. The maximum atomic E-state index is 6.54. The van der Waals surface area contributed by atoms with Gasteiger partial charge >= 0.3 is 0 Å². The Hall–Kier alpha value is -0.0100. The molecule has 2 atom stereocenters. The fourth-order valence-electron chi connectivity index (χ4n) is 3.81. The Balaban J connectivity index is 1.43. The van der Waals surface area contributed by atoms with Gasteiger partial charge in [-0.1, -0.05) is 23.4 Å². The van der Waals surface area contributed by atoms with E-state index >= 15 is 0 Å². The van der Waals surface area contributed by atoms with Gasteiger partial charge in [-0.05, 0) is 45.9 Å². The van der Waals surface area contributed by atoms with Gasteiger partial charge in [0.2, 0.25) is 0 Å². The highest BCUT2D eigenvalue weighted by atomic mass is 35.5. The molecule has 3 aliphatic rings. The molecule has 126 valence electrons. The zero-order valence-corrected chi connectivity index (χ0v) is 15.9. The summed E-state index contributed by atoms with van der Waals surface area (Å²) in [7, 11) is 2.20. The molecule has 0 spiro atoms. The number of nitrogens with zero attached hydrogens (tertiary/aromatic N) is 4. The highest BCUT2D eigenvalue weighted by Crippen LogP contribution is 2.50. The van der Waals surface area contributed by atoms with Crippen molar-refractivity contribution in [3.63, 3.8) is 0 Å². The number of thioether (sulfide) groups is 2. The number of likely N-dealkylation sites (tertiary alicyclic amines) is 2. The summed E-state index contributed by atoms with van der Waals surface area (Å²) >= 11 is 10.2. The second kappa shape index (κ2) is 7.08. The third-order valence-electron chi connectivity index (χ3n) is 5.08. The van der Waals surface area contributed by atoms with Gasteiger partial charge in [0.05, 0.1) is 0 Å². The van der Waals surface area contributed by atoms with Crippen LogP contribution in [0.3, 0.4) is 0 Å². The van der Waals surface area contributed by atoms with Crippen molar-refractivity contribution in [1.82, 2.24) is 19.8 Å². The Morgan fingerprint density at radius 3 is 2.91 bits per heavy atom. The predicted octanol–water partition coefficient (Wildman–Crippen LogP) is 3.21. The van der Waals surface area contributed by atoms with E-state index in [0.717, 1.165) is 35.6 Å². The molecule has 0 saturated carbocycles. The van der Waals surface area contributed by atoms with Gasteiger partial charge in [-0.25, -0.2) is 9.97 Å². The minimum atomic E-state index is 0.544. The first-order valence-corrected chi connectivity index (χ1v) is 10.7. The molecular formula is C16H23ClN4S2. The molecule has 0 aliphatic carbocycles. The lowest BCUT2D eigenvalue weighted by molar-refractivity contribution is 0.264. The van der Waals surface area contributed by atoms with E-state index in [0.29, 0.717) is 16.3 Å². The highest BCUT2D eigenvalue weighted by Gasteiger charge is 2.40.